The molecular weight excluding hydrogens is 458 g/mol. The number of amides is 1. The molecule has 36 heavy (non-hydrogen) atoms. The molecule has 0 aliphatic carbocycles. The molecule has 1 N–H and O–H groups in total. The summed E-state index contributed by atoms with van der Waals surface area (Å²) in [5, 5.41) is 7.64. The van der Waals surface area contributed by atoms with Crippen molar-refractivity contribution in [3.05, 3.63) is 106 Å². The third-order valence-electron chi connectivity index (χ3n) is 5.67. The normalized spacial score (nSPS) is 11.3. The van der Waals surface area contributed by atoms with E-state index in [0.717, 1.165) is 21.4 Å². The first-order valence-corrected chi connectivity index (χ1v) is 11.0. The van der Waals surface area contributed by atoms with Crippen LogP contribution in [0, 0.1) is 0 Å². The van der Waals surface area contributed by atoms with E-state index in [1.165, 1.54) is 37.0 Å². The van der Waals surface area contributed by atoms with Crippen LogP contribution in [0.4, 0.5) is 5.69 Å². The second kappa shape index (κ2) is 9.26. The van der Waals surface area contributed by atoms with Gasteiger partial charge in [0, 0.05) is 49.9 Å². The second-order valence-corrected chi connectivity index (χ2v) is 8.08. The smallest absolute Gasteiger partial charge is 0.321 e. The minimum absolute atomic E-state index is 0.226. The molecule has 10 heteroatoms. The highest BCUT2D eigenvalue weighted by atomic mass is 16.2. The van der Waals surface area contributed by atoms with Crippen LogP contribution in [0.2, 0.25) is 0 Å². The van der Waals surface area contributed by atoms with Gasteiger partial charge in [-0.25, -0.2) is 14.5 Å². The molecule has 0 fully saturated rings. The number of para-hydroxylation sites is 1. The van der Waals surface area contributed by atoms with Gasteiger partial charge in [-0.3, -0.25) is 23.7 Å². The fourth-order valence-electron chi connectivity index (χ4n) is 3.83. The molecule has 4 heterocycles. The summed E-state index contributed by atoms with van der Waals surface area (Å²) < 4.78 is 4.03. The van der Waals surface area contributed by atoms with Crippen LogP contribution >= 0.6 is 0 Å². The number of nitrogens with zero attached hydrogens (tertiary/aromatic N) is 6. The van der Waals surface area contributed by atoms with E-state index in [1.807, 2.05) is 48.7 Å². The van der Waals surface area contributed by atoms with Crippen molar-refractivity contribution in [2.75, 3.05) is 5.32 Å². The molecule has 1 amide bonds. The molecule has 0 aliphatic rings. The summed E-state index contributed by atoms with van der Waals surface area (Å²) in [6, 6.07) is 14.9. The number of carbonyl (C=O) groups is 1. The van der Waals surface area contributed by atoms with Gasteiger partial charge in [0.1, 0.15) is 11.3 Å². The predicted molar refractivity (Wildman–Crippen MR) is 137 cm³/mol. The van der Waals surface area contributed by atoms with Gasteiger partial charge in [-0.1, -0.05) is 18.2 Å². The van der Waals surface area contributed by atoms with Crippen molar-refractivity contribution in [1.29, 1.82) is 0 Å². The molecule has 0 radical (unpaired) electrons. The molecule has 0 saturated heterocycles. The van der Waals surface area contributed by atoms with Gasteiger partial charge in [0.15, 0.2) is 0 Å². The van der Waals surface area contributed by atoms with Gasteiger partial charge < -0.3 is 5.32 Å². The zero-order valence-electron chi connectivity index (χ0n) is 19.5. The topological polar surface area (TPSA) is 117 Å². The van der Waals surface area contributed by atoms with Crippen molar-refractivity contribution < 1.29 is 4.79 Å². The second-order valence-electron chi connectivity index (χ2n) is 8.08. The average Bonchev–Trinajstić information content (AvgIpc) is 3.35. The Labute approximate surface area is 204 Å². The molecule has 0 unspecified atom stereocenters. The fourth-order valence-corrected chi connectivity index (χ4v) is 3.83. The highest BCUT2D eigenvalue weighted by Gasteiger charge is 2.13. The average molecular weight is 480 g/mol. The Balaban J connectivity index is 1.45. The standard InChI is InChI=1S/C26H21N7O3/c1-31-24-21(25(35)32(2)26(31)36)13-19(15-28-24)29-22(34)11-10-18-16-33(20-8-4-3-5-9-20)30-23(18)17-7-6-12-27-14-17/h3-16H,1-2H3,(H,29,34)/b11-10+. The van der Waals surface area contributed by atoms with Crippen LogP contribution in [0.25, 0.3) is 34.1 Å². The van der Waals surface area contributed by atoms with Crippen LogP contribution in [0.5, 0.6) is 0 Å². The Morgan fingerprint density at radius 2 is 1.81 bits per heavy atom. The van der Waals surface area contributed by atoms with Crippen molar-refractivity contribution in [3.63, 3.8) is 0 Å². The van der Waals surface area contributed by atoms with Crippen molar-refractivity contribution >= 4 is 28.7 Å². The lowest BCUT2D eigenvalue weighted by atomic mass is 10.1. The fraction of sp³-hybridized carbons (Fsp3) is 0.0769. The number of benzene rings is 1. The highest BCUT2D eigenvalue weighted by Crippen LogP contribution is 2.24. The molecular formula is C26H21N7O3. The quantitative estimate of drug-likeness (QED) is 0.387. The van der Waals surface area contributed by atoms with Crippen molar-refractivity contribution in [2.24, 2.45) is 14.1 Å². The van der Waals surface area contributed by atoms with Crippen molar-refractivity contribution in [3.8, 4) is 16.9 Å². The van der Waals surface area contributed by atoms with Gasteiger partial charge in [-0.2, -0.15) is 5.10 Å². The minimum Gasteiger partial charge on any atom is -0.321 e. The number of aromatic nitrogens is 6. The van der Waals surface area contributed by atoms with E-state index in [-0.39, 0.29) is 11.0 Å². The number of nitrogens with one attached hydrogen (secondary N) is 1. The molecule has 178 valence electrons. The van der Waals surface area contributed by atoms with Crippen LogP contribution in [0.1, 0.15) is 5.56 Å². The largest absolute Gasteiger partial charge is 0.332 e. The first-order valence-electron chi connectivity index (χ1n) is 11.0. The van der Waals surface area contributed by atoms with Crippen LogP contribution in [-0.2, 0) is 18.9 Å². The first kappa shape index (κ1) is 22.7. The number of hydrogen-bond donors (Lipinski definition) is 1. The van der Waals surface area contributed by atoms with E-state index < -0.39 is 17.2 Å². The third kappa shape index (κ3) is 4.23. The van der Waals surface area contributed by atoms with E-state index in [0.29, 0.717) is 11.4 Å². The van der Waals surface area contributed by atoms with Gasteiger partial charge in [0.25, 0.3) is 5.56 Å². The lowest BCUT2D eigenvalue weighted by molar-refractivity contribution is -0.111. The number of pyridine rings is 2. The molecule has 4 aromatic heterocycles. The highest BCUT2D eigenvalue weighted by molar-refractivity contribution is 6.03. The third-order valence-corrected chi connectivity index (χ3v) is 5.67. The van der Waals surface area contributed by atoms with Crippen LogP contribution in [0.15, 0.2) is 89.0 Å². The first-order chi connectivity index (χ1) is 17.4. The maximum absolute atomic E-state index is 12.7. The summed E-state index contributed by atoms with van der Waals surface area (Å²) in [7, 11) is 2.93. The van der Waals surface area contributed by atoms with E-state index in [2.05, 4.69) is 15.3 Å². The summed E-state index contributed by atoms with van der Waals surface area (Å²) in [4.78, 5) is 45.7. The van der Waals surface area contributed by atoms with Crippen LogP contribution < -0.4 is 16.6 Å². The molecule has 0 atom stereocenters. The lowest BCUT2D eigenvalue weighted by Crippen LogP contribution is -2.37. The summed E-state index contributed by atoms with van der Waals surface area (Å²) in [6.07, 6.45) is 9.69. The number of aryl methyl sites for hydroxylation is 1. The SMILES string of the molecule is Cn1c(=O)c2cc(NC(=O)/C=C/c3cn(-c4ccccc4)nc3-c3cccnc3)cnc2n(C)c1=O. The summed E-state index contributed by atoms with van der Waals surface area (Å²) in [6.45, 7) is 0. The van der Waals surface area contributed by atoms with E-state index >= 15 is 0 Å². The zero-order chi connectivity index (χ0) is 25.2. The van der Waals surface area contributed by atoms with Crippen molar-refractivity contribution in [1.82, 2.24) is 28.9 Å². The van der Waals surface area contributed by atoms with Crippen LogP contribution in [0.3, 0.4) is 0 Å². The Hall–Kier alpha value is -5.12. The van der Waals surface area contributed by atoms with Gasteiger partial charge >= 0.3 is 5.69 Å². The Bertz CT molecular complexity index is 1730. The molecule has 0 bridgehead atoms. The van der Waals surface area contributed by atoms with Gasteiger partial charge in [0.2, 0.25) is 5.91 Å². The summed E-state index contributed by atoms with van der Waals surface area (Å²) in [5.41, 5.74) is 2.71. The monoisotopic (exact) mass is 479 g/mol. The van der Waals surface area contributed by atoms with Gasteiger partial charge in [-0.05, 0) is 36.4 Å². The molecule has 10 nitrogen and oxygen atoms in total. The number of anilines is 1. The van der Waals surface area contributed by atoms with E-state index in [1.54, 1.807) is 23.2 Å². The summed E-state index contributed by atoms with van der Waals surface area (Å²) >= 11 is 0. The Kier molecular flexibility index (Phi) is 5.83. The lowest BCUT2D eigenvalue weighted by Gasteiger charge is -2.08. The van der Waals surface area contributed by atoms with Crippen LogP contribution in [-0.4, -0.2) is 34.8 Å². The van der Waals surface area contributed by atoms with E-state index in [4.69, 9.17) is 5.10 Å². The Morgan fingerprint density at radius 1 is 1.00 bits per heavy atom. The number of rotatable bonds is 5. The molecule has 5 rings (SSSR count). The number of carbonyl (C=O) groups excluding carboxylic acids is 1. The minimum atomic E-state index is -0.485. The van der Waals surface area contributed by atoms with Gasteiger partial charge in [-0.15, -0.1) is 0 Å². The molecule has 5 aromatic rings. The summed E-state index contributed by atoms with van der Waals surface area (Å²) in [5.74, 6) is -0.414. The van der Waals surface area contributed by atoms with Crippen molar-refractivity contribution in [2.45, 2.75) is 0 Å². The molecule has 0 spiro atoms. The van der Waals surface area contributed by atoms with E-state index in [9.17, 15) is 14.4 Å². The molecule has 0 aliphatic heterocycles. The number of fused-ring (bicyclic) bond motifs is 1. The number of hydrogen-bond acceptors (Lipinski definition) is 6. The van der Waals surface area contributed by atoms with Gasteiger partial charge in [0.05, 0.1) is 23.0 Å². The zero-order valence-corrected chi connectivity index (χ0v) is 19.5. The molecule has 1 aromatic carbocycles. The predicted octanol–water partition coefficient (Wildman–Crippen LogP) is 2.53. The Morgan fingerprint density at radius 3 is 2.56 bits per heavy atom. The maximum Gasteiger partial charge on any atom is 0.332 e. The maximum atomic E-state index is 12.7. The molecule has 0 saturated carbocycles.